The van der Waals surface area contributed by atoms with Crippen molar-refractivity contribution in [1.82, 2.24) is 0 Å². The summed E-state index contributed by atoms with van der Waals surface area (Å²) < 4.78 is 13.3. The summed E-state index contributed by atoms with van der Waals surface area (Å²) >= 11 is 0. The molecule has 0 atom stereocenters. The Kier molecular flexibility index (Phi) is 3.80. The van der Waals surface area contributed by atoms with E-state index in [4.69, 9.17) is 5.73 Å². The molecule has 0 aliphatic carbocycles. The molecular formula is C15H15FN2O. The third-order valence-corrected chi connectivity index (χ3v) is 2.77. The minimum Gasteiger partial charge on any atom is -0.399 e. The van der Waals surface area contributed by atoms with Gasteiger partial charge in [0.1, 0.15) is 5.82 Å². The summed E-state index contributed by atoms with van der Waals surface area (Å²) in [6.07, 6.45) is 0.209. The number of rotatable bonds is 3. The molecule has 1 amide bonds. The van der Waals surface area contributed by atoms with Crippen LogP contribution in [0.4, 0.5) is 15.8 Å². The Morgan fingerprint density at radius 2 is 2.05 bits per heavy atom. The number of halogens is 1. The highest BCUT2D eigenvalue weighted by Crippen LogP contribution is 2.14. The number of nitrogens with one attached hydrogen (secondary N) is 1. The highest BCUT2D eigenvalue weighted by atomic mass is 19.1. The molecular weight excluding hydrogens is 243 g/mol. The van der Waals surface area contributed by atoms with Gasteiger partial charge in [-0.15, -0.1) is 0 Å². The van der Waals surface area contributed by atoms with Gasteiger partial charge >= 0.3 is 0 Å². The summed E-state index contributed by atoms with van der Waals surface area (Å²) in [4.78, 5) is 11.8. The number of aryl methyl sites for hydroxylation is 1. The fourth-order valence-electron chi connectivity index (χ4n) is 1.76. The first-order chi connectivity index (χ1) is 9.04. The number of hydrogen-bond donors (Lipinski definition) is 2. The standard InChI is InChI=1S/C15H15FN2O/c1-10-5-6-13(9-14(10)16)18-15(19)8-11-3-2-4-12(17)7-11/h2-7,9H,8,17H2,1H3,(H,18,19). The van der Waals surface area contributed by atoms with E-state index in [1.54, 1.807) is 37.3 Å². The summed E-state index contributed by atoms with van der Waals surface area (Å²) in [7, 11) is 0. The molecule has 0 radical (unpaired) electrons. The van der Waals surface area contributed by atoms with Crippen molar-refractivity contribution >= 4 is 17.3 Å². The first-order valence-electron chi connectivity index (χ1n) is 5.95. The Morgan fingerprint density at radius 3 is 2.74 bits per heavy atom. The average Bonchev–Trinajstić information content (AvgIpc) is 2.34. The molecule has 2 aromatic rings. The lowest BCUT2D eigenvalue weighted by molar-refractivity contribution is -0.115. The second-order valence-corrected chi connectivity index (χ2v) is 4.43. The van der Waals surface area contributed by atoms with Gasteiger partial charge in [-0.25, -0.2) is 4.39 Å². The molecule has 3 N–H and O–H groups in total. The van der Waals surface area contributed by atoms with Crippen molar-refractivity contribution < 1.29 is 9.18 Å². The number of carbonyl (C=O) groups is 1. The maximum Gasteiger partial charge on any atom is 0.228 e. The Morgan fingerprint density at radius 1 is 1.26 bits per heavy atom. The molecule has 0 aromatic heterocycles. The highest BCUT2D eigenvalue weighted by Gasteiger charge is 2.06. The van der Waals surface area contributed by atoms with Gasteiger partial charge in [-0.2, -0.15) is 0 Å². The number of anilines is 2. The number of hydrogen-bond acceptors (Lipinski definition) is 2. The number of amides is 1. The molecule has 0 fully saturated rings. The zero-order valence-electron chi connectivity index (χ0n) is 10.6. The van der Waals surface area contributed by atoms with E-state index in [0.717, 1.165) is 5.56 Å². The number of carbonyl (C=O) groups excluding carboxylic acids is 1. The van der Waals surface area contributed by atoms with Gasteiger partial charge in [0.25, 0.3) is 0 Å². The van der Waals surface area contributed by atoms with Crippen LogP contribution < -0.4 is 11.1 Å². The molecule has 98 valence electrons. The van der Waals surface area contributed by atoms with Gasteiger partial charge in [0.15, 0.2) is 0 Å². The van der Waals surface area contributed by atoms with Gasteiger partial charge in [0.2, 0.25) is 5.91 Å². The zero-order valence-corrected chi connectivity index (χ0v) is 10.6. The lowest BCUT2D eigenvalue weighted by Gasteiger charge is -2.07. The van der Waals surface area contributed by atoms with Crippen LogP contribution in [-0.4, -0.2) is 5.91 Å². The zero-order chi connectivity index (χ0) is 13.8. The van der Waals surface area contributed by atoms with E-state index < -0.39 is 0 Å². The van der Waals surface area contributed by atoms with Crippen molar-refractivity contribution in [3.63, 3.8) is 0 Å². The molecule has 0 aliphatic heterocycles. The Balaban J connectivity index is 2.03. The number of nitrogens with two attached hydrogens (primary N) is 1. The smallest absolute Gasteiger partial charge is 0.228 e. The van der Waals surface area contributed by atoms with Crippen molar-refractivity contribution in [2.75, 3.05) is 11.1 Å². The summed E-state index contributed by atoms with van der Waals surface area (Å²) in [6, 6.07) is 11.7. The van der Waals surface area contributed by atoms with Crippen LogP contribution in [0.5, 0.6) is 0 Å². The van der Waals surface area contributed by atoms with Crippen molar-refractivity contribution in [2.45, 2.75) is 13.3 Å². The topological polar surface area (TPSA) is 55.1 Å². The second-order valence-electron chi connectivity index (χ2n) is 4.43. The van der Waals surface area contributed by atoms with Crippen LogP contribution in [0.3, 0.4) is 0 Å². The van der Waals surface area contributed by atoms with Gasteiger partial charge in [-0.05, 0) is 42.3 Å². The van der Waals surface area contributed by atoms with E-state index in [-0.39, 0.29) is 18.1 Å². The van der Waals surface area contributed by atoms with Gasteiger partial charge in [0.05, 0.1) is 6.42 Å². The number of nitrogen functional groups attached to an aromatic ring is 1. The molecule has 0 bridgehead atoms. The van der Waals surface area contributed by atoms with Crippen LogP contribution in [0.25, 0.3) is 0 Å². The van der Waals surface area contributed by atoms with Gasteiger partial charge < -0.3 is 11.1 Å². The maximum atomic E-state index is 13.3. The molecule has 0 unspecified atom stereocenters. The lowest BCUT2D eigenvalue weighted by atomic mass is 10.1. The van der Waals surface area contributed by atoms with E-state index in [0.29, 0.717) is 16.9 Å². The first-order valence-corrected chi connectivity index (χ1v) is 5.95. The molecule has 0 saturated carbocycles. The molecule has 0 aliphatic rings. The van der Waals surface area contributed by atoms with Crippen molar-refractivity contribution in [3.05, 3.63) is 59.4 Å². The molecule has 19 heavy (non-hydrogen) atoms. The molecule has 0 heterocycles. The van der Waals surface area contributed by atoms with Gasteiger partial charge in [-0.3, -0.25) is 4.79 Å². The van der Waals surface area contributed by atoms with E-state index in [2.05, 4.69) is 5.32 Å². The third-order valence-electron chi connectivity index (χ3n) is 2.77. The fourth-order valence-corrected chi connectivity index (χ4v) is 1.76. The predicted octanol–water partition coefficient (Wildman–Crippen LogP) is 2.90. The minimum absolute atomic E-state index is 0.200. The van der Waals surface area contributed by atoms with E-state index in [1.807, 2.05) is 6.07 Å². The van der Waals surface area contributed by atoms with Gasteiger partial charge in [0, 0.05) is 11.4 Å². The van der Waals surface area contributed by atoms with Crippen molar-refractivity contribution in [3.8, 4) is 0 Å². The molecule has 0 saturated heterocycles. The Hall–Kier alpha value is -2.36. The fraction of sp³-hybridized carbons (Fsp3) is 0.133. The SMILES string of the molecule is Cc1ccc(NC(=O)Cc2cccc(N)c2)cc1F. The highest BCUT2D eigenvalue weighted by molar-refractivity contribution is 5.92. The predicted molar refractivity (Wildman–Crippen MR) is 74.3 cm³/mol. The summed E-state index contributed by atoms with van der Waals surface area (Å²) in [5.74, 6) is -0.532. The molecule has 4 heteroatoms. The summed E-state index contributed by atoms with van der Waals surface area (Å²) in [6.45, 7) is 1.67. The average molecular weight is 258 g/mol. The van der Waals surface area contributed by atoms with Crippen LogP contribution in [0.15, 0.2) is 42.5 Å². The third kappa shape index (κ3) is 3.55. The van der Waals surface area contributed by atoms with Crippen LogP contribution in [0.1, 0.15) is 11.1 Å². The lowest BCUT2D eigenvalue weighted by Crippen LogP contribution is -2.14. The van der Waals surface area contributed by atoms with Crippen molar-refractivity contribution in [1.29, 1.82) is 0 Å². The molecule has 2 aromatic carbocycles. The van der Waals surface area contributed by atoms with E-state index >= 15 is 0 Å². The second kappa shape index (κ2) is 5.52. The monoisotopic (exact) mass is 258 g/mol. The van der Waals surface area contributed by atoms with E-state index in [1.165, 1.54) is 6.07 Å². The minimum atomic E-state index is -0.332. The quantitative estimate of drug-likeness (QED) is 0.832. The number of benzene rings is 2. The summed E-state index contributed by atoms with van der Waals surface area (Å²) in [5.41, 5.74) is 8.09. The molecule has 3 nitrogen and oxygen atoms in total. The normalized spacial score (nSPS) is 10.2. The van der Waals surface area contributed by atoms with Gasteiger partial charge in [-0.1, -0.05) is 18.2 Å². The van der Waals surface area contributed by atoms with Crippen LogP contribution in [0, 0.1) is 12.7 Å². The summed E-state index contributed by atoms with van der Waals surface area (Å²) in [5, 5.41) is 2.66. The Bertz CT molecular complexity index is 611. The van der Waals surface area contributed by atoms with Crippen molar-refractivity contribution in [2.24, 2.45) is 0 Å². The van der Waals surface area contributed by atoms with Crippen LogP contribution >= 0.6 is 0 Å². The first kappa shape index (κ1) is 13.1. The Labute approximate surface area is 111 Å². The van der Waals surface area contributed by atoms with Crippen LogP contribution in [0.2, 0.25) is 0 Å². The van der Waals surface area contributed by atoms with Crippen LogP contribution in [-0.2, 0) is 11.2 Å². The maximum absolute atomic E-state index is 13.3. The molecule has 0 spiro atoms. The van der Waals surface area contributed by atoms with E-state index in [9.17, 15) is 9.18 Å². The largest absolute Gasteiger partial charge is 0.399 e. The molecule has 2 rings (SSSR count).